The zero-order valence-corrected chi connectivity index (χ0v) is 16.5. The molecule has 0 atom stereocenters. The third-order valence-corrected chi connectivity index (χ3v) is 7.02. The van der Waals surface area contributed by atoms with E-state index in [1.54, 1.807) is 0 Å². The number of fused-ring (bicyclic) bond motifs is 12. The molecule has 0 fully saturated rings. The van der Waals surface area contributed by atoms with Gasteiger partial charge in [-0.15, -0.1) is 0 Å². The van der Waals surface area contributed by atoms with Gasteiger partial charge < -0.3 is 8.80 Å². The highest BCUT2D eigenvalue weighted by atomic mass is 14.9. The van der Waals surface area contributed by atoms with Gasteiger partial charge in [0.25, 0.3) is 0 Å². The number of hydrogen-bond acceptors (Lipinski definition) is 0. The number of para-hydroxylation sites is 4. The molecule has 0 aliphatic heterocycles. The molecule has 2 nitrogen and oxygen atoms in total. The lowest BCUT2D eigenvalue weighted by atomic mass is 10.0. The van der Waals surface area contributed by atoms with E-state index in [0.29, 0.717) is 21.8 Å². The average Bonchev–Trinajstić information content (AvgIpc) is 3.68. The van der Waals surface area contributed by atoms with Crippen molar-refractivity contribution < 1.29 is 11.0 Å². The van der Waals surface area contributed by atoms with E-state index in [-0.39, 0.29) is 48.3 Å². The zero-order chi connectivity index (χ0) is 27.5. The van der Waals surface area contributed by atoms with Gasteiger partial charge in [-0.05, 0) is 24.2 Å². The van der Waals surface area contributed by atoms with Crippen LogP contribution in [0.25, 0.3) is 76.2 Å². The van der Waals surface area contributed by atoms with Gasteiger partial charge in [-0.2, -0.15) is 0 Å². The van der Waals surface area contributed by atoms with Crippen molar-refractivity contribution >= 4 is 76.2 Å². The Morgan fingerprint density at radius 2 is 0.844 bits per heavy atom. The Morgan fingerprint density at radius 3 is 1.31 bits per heavy atom. The Hall–Kier alpha value is -4.30. The molecule has 9 rings (SSSR count). The first-order chi connectivity index (χ1) is 19.2. The summed E-state index contributed by atoms with van der Waals surface area (Å²) in [6.45, 7) is 0. The fourth-order valence-electron chi connectivity index (χ4n) is 5.83. The Balaban J connectivity index is 1.60. The van der Waals surface area contributed by atoms with Gasteiger partial charge in [0.05, 0.1) is 44.1 Å². The number of aromatic nitrogens is 2. The molecule has 4 aromatic heterocycles. The summed E-state index contributed by atoms with van der Waals surface area (Å²) < 4.78 is 72.0. The van der Waals surface area contributed by atoms with Gasteiger partial charge >= 0.3 is 0 Å². The standard InChI is InChI=1S/C30H16N2/c1-3-13-25-17(7-1)19-9-5-11-21-23-16-28-24(15-27(23)31(25)29(19)21)22-12-6-10-20-18-8-2-4-14-26(18)32(28)30(20)22/h1-16H/i1D,2D,3D,4D,7D,8D,13D,14D. The van der Waals surface area contributed by atoms with Gasteiger partial charge in [0, 0.05) is 43.1 Å². The van der Waals surface area contributed by atoms with Crippen LogP contribution in [0.15, 0.2) is 96.9 Å². The fraction of sp³-hybridized carbons (Fsp3) is 0. The first-order valence-corrected chi connectivity index (χ1v) is 10.5. The van der Waals surface area contributed by atoms with E-state index < -0.39 is 0 Å². The molecule has 0 saturated heterocycles. The second-order valence-electron chi connectivity index (χ2n) is 8.41. The van der Waals surface area contributed by atoms with E-state index >= 15 is 0 Å². The summed E-state index contributed by atoms with van der Waals surface area (Å²) in [5.74, 6) is 0. The molecule has 0 aliphatic rings. The van der Waals surface area contributed by atoms with Crippen LogP contribution in [-0.4, -0.2) is 8.80 Å². The van der Waals surface area contributed by atoms with Crippen molar-refractivity contribution in [2.75, 3.05) is 0 Å². The van der Waals surface area contributed by atoms with Crippen LogP contribution >= 0.6 is 0 Å². The Bertz CT molecular complexity index is 2450. The van der Waals surface area contributed by atoms with Crippen molar-refractivity contribution in [2.24, 2.45) is 0 Å². The highest BCUT2D eigenvalue weighted by Gasteiger charge is 2.21. The van der Waals surface area contributed by atoms with E-state index in [4.69, 9.17) is 11.0 Å². The molecule has 0 unspecified atom stereocenters. The molecule has 0 saturated carbocycles. The van der Waals surface area contributed by atoms with Gasteiger partial charge in [-0.1, -0.05) is 72.7 Å². The highest BCUT2D eigenvalue weighted by Crippen LogP contribution is 2.44. The predicted octanol–water partition coefficient (Wildman–Crippen LogP) is 7.99. The van der Waals surface area contributed by atoms with Gasteiger partial charge in [-0.3, -0.25) is 0 Å². The SMILES string of the molecule is [2H]c1c([2H])c([2H])c2c(c1[2H])c1cccc3c4cc5c(cc4n2c31)c1cccc2c3c([2H])c([2H])c([2H])c([2H])c3n5c12. The number of benzene rings is 5. The normalized spacial score (nSPS) is 16.5. The molecule has 5 aromatic carbocycles. The molecule has 0 spiro atoms. The molecule has 2 heteroatoms. The Labute approximate surface area is 193 Å². The summed E-state index contributed by atoms with van der Waals surface area (Å²) in [5, 5.41) is 6.16. The quantitative estimate of drug-likeness (QED) is 0.239. The minimum atomic E-state index is -0.269. The highest BCUT2D eigenvalue weighted by molar-refractivity contribution is 6.28. The van der Waals surface area contributed by atoms with Gasteiger partial charge in [0.1, 0.15) is 0 Å². The maximum atomic E-state index is 8.78. The molecule has 9 aromatic rings. The lowest BCUT2D eigenvalue weighted by Gasteiger charge is -2.01. The van der Waals surface area contributed by atoms with Crippen LogP contribution in [0.5, 0.6) is 0 Å². The summed E-state index contributed by atoms with van der Waals surface area (Å²) in [4.78, 5) is 0. The van der Waals surface area contributed by atoms with Crippen LogP contribution in [0, 0.1) is 0 Å². The van der Waals surface area contributed by atoms with E-state index in [0.717, 1.165) is 54.4 Å². The second-order valence-corrected chi connectivity index (χ2v) is 8.41. The molecular formula is C30H16N2. The van der Waals surface area contributed by atoms with Crippen LogP contribution in [0.3, 0.4) is 0 Å². The van der Waals surface area contributed by atoms with Crippen molar-refractivity contribution in [3.63, 3.8) is 0 Å². The van der Waals surface area contributed by atoms with Crippen LogP contribution in [0.2, 0.25) is 0 Å². The smallest absolute Gasteiger partial charge is 0.0645 e. The fourth-order valence-corrected chi connectivity index (χ4v) is 5.83. The molecule has 0 amide bonds. The van der Waals surface area contributed by atoms with Gasteiger partial charge in [-0.25, -0.2) is 0 Å². The first-order valence-electron chi connectivity index (χ1n) is 14.5. The predicted molar refractivity (Wildman–Crippen MR) is 136 cm³/mol. The van der Waals surface area contributed by atoms with Crippen LogP contribution in [0.1, 0.15) is 11.0 Å². The average molecular weight is 413 g/mol. The number of hydrogen-bond donors (Lipinski definition) is 0. The molecule has 4 heterocycles. The van der Waals surface area contributed by atoms with E-state index in [2.05, 4.69) is 0 Å². The van der Waals surface area contributed by atoms with Gasteiger partial charge in [0.15, 0.2) is 0 Å². The van der Waals surface area contributed by atoms with E-state index in [1.807, 2.05) is 57.3 Å². The third kappa shape index (κ3) is 1.52. The van der Waals surface area contributed by atoms with Gasteiger partial charge in [0.2, 0.25) is 0 Å². The number of rotatable bonds is 0. The van der Waals surface area contributed by atoms with Crippen molar-refractivity contribution in [1.82, 2.24) is 8.80 Å². The van der Waals surface area contributed by atoms with Crippen molar-refractivity contribution in [2.45, 2.75) is 0 Å². The lowest BCUT2D eigenvalue weighted by Crippen LogP contribution is -1.82. The largest absolute Gasteiger partial charge is 0.308 e. The monoisotopic (exact) mass is 412 g/mol. The maximum absolute atomic E-state index is 8.78. The molecule has 0 bridgehead atoms. The molecule has 0 N–H and O–H groups in total. The van der Waals surface area contributed by atoms with Crippen molar-refractivity contribution in [1.29, 1.82) is 0 Å². The lowest BCUT2D eigenvalue weighted by molar-refractivity contribution is 1.36. The van der Waals surface area contributed by atoms with E-state index in [1.165, 1.54) is 0 Å². The first kappa shape index (κ1) is 10.3. The summed E-state index contributed by atoms with van der Waals surface area (Å²) in [5.41, 5.74) is 4.20. The molecule has 0 aliphatic carbocycles. The Kier molecular flexibility index (Phi) is 1.60. The minimum Gasteiger partial charge on any atom is -0.308 e. The van der Waals surface area contributed by atoms with Crippen molar-refractivity contribution in [3.8, 4) is 0 Å². The van der Waals surface area contributed by atoms with E-state index in [9.17, 15) is 0 Å². The molecule has 32 heavy (non-hydrogen) atoms. The Morgan fingerprint density at radius 1 is 0.438 bits per heavy atom. The molecule has 0 radical (unpaired) electrons. The van der Waals surface area contributed by atoms with Crippen molar-refractivity contribution in [3.05, 3.63) is 96.9 Å². The summed E-state index contributed by atoms with van der Waals surface area (Å²) in [7, 11) is 0. The van der Waals surface area contributed by atoms with Crippen LogP contribution < -0.4 is 0 Å². The molecular weight excluding hydrogens is 388 g/mol. The zero-order valence-electron chi connectivity index (χ0n) is 24.5. The maximum Gasteiger partial charge on any atom is 0.0645 e. The summed E-state index contributed by atoms with van der Waals surface area (Å²) in [6, 6.07) is 14.4. The molecule has 146 valence electrons. The third-order valence-electron chi connectivity index (χ3n) is 7.02. The summed E-state index contributed by atoms with van der Waals surface area (Å²) in [6.07, 6.45) is 0. The second kappa shape index (κ2) is 4.95. The summed E-state index contributed by atoms with van der Waals surface area (Å²) >= 11 is 0. The van der Waals surface area contributed by atoms with Crippen LogP contribution in [-0.2, 0) is 0 Å². The topological polar surface area (TPSA) is 8.82 Å². The van der Waals surface area contributed by atoms with Crippen LogP contribution in [0.4, 0.5) is 0 Å². The minimum absolute atomic E-state index is 0.0529. The number of nitrogens with zero attached hydrogens (tertiary/aromatic N) is 2.